The molecule has 104 heavy (non-hydrogen) atoms. The van der Waals surface area contributed by atoms with E-state index in [0.29, 0.717) is 36.8 Å². The van der Waals surface area contributed by atoms with Crippen LogP contribution in [0.15, 0.2) is 72.8 Å². The number of carbonyl (C=O) groups is 12. The van der Waals surface area contributed by atoms with Crippen molar-refractivity contribution in [3.05, 3.63) is 106 Å². The van der Waals surface area contributed by atoms with Gasteiger partial charge in [0.2, 0.25) is 70.9 Å². The summed E-state index contributed by atoms with van der Waals surface area (Å²) >= 11 is 6.19. The molecule has 1 aliphatic carbocycles. The van der Waals surface area contributed by atoms with Gasteiger partial charge in [0.05, 0.1) is 23.6 Å². The van der Waals surface area contributed by atoms with E-state index >= 15 is 24.0 Å². The highest BCUT2D eigenvalue weighted by Crippen LogP contribution is 2.37. The van der Waals surface area contributed by atoms with Gasteiger partial charge in [0.25, 0.3) is 0 Å². The third-order valence-corrected chi connectivity index (χ3v) is 21.6. The fourth-order valence-corrected chi connectivity index (χ4v) is 14.2. The zero-order valence-corrected chi connectivity index (χ0v) is 64.2. The summed E-state index contributed by atoms with van der Waals surface area (Å²) in [5, 5.41) is 8.08. The first-order valence-electron chi connectivity index (χ1n) is 35.9. The summed E-state index contributed by atoms with van der Waals surface area (Å²) in [6.45, 7) is 13.6. The van der Waals surface area contributed by atoms with Crippen LogP contribution in [-0.2, 0) is 83.0 Å². The van der Waals surface area contributed by atoms with E-state index in [-0.39, 0.29) is 69.4 Å². The number of halogens is 4. The molecule has 0 radical (unpaired) electrons. The number of hydrogen-bond donors (Lipinski definition) is 3. The first kappa shape index (κ1) is 84.3. The van der Waals surface area contributed by atoms with Gasteiger partial charge in [-0.1, -0.05) is 145 Å². The molecule has 0 bridgehead atoms. The van der Waals surface area contributed by atoms with Crippen LogP contribution in [0.1, 0.15) is 140 Å². The second-order valence-corrected chi connectivity index (χ2v) is 29.8. The smallest absolute Gasteiger partial charge is 0.347 e. The minimum Gasteiger partial charge on any atom is -0.347 e. The molecule has 3 aromatic rings. The van der Waals surface area contributed by atoms with Crippen LogP contribution in [0.4, 0.5) is 13.2 Å². The number of rotatable bonds is 14. The normalized spacial score (nSPS) is 24.9. The molecule has 6 rings (SSSR count). The molecule has 11 atom stereocenters. The molecular formula is C76H108ClF3N12O12. The highest BCUT2D eigenvalue weighted by molar-refractivity contribution is 6.31. The number of nitrogens with one attached hydrogen (secondary N) is 3. The Hall–Kier alpha value is -8.62. The number of likely N-dealkylation sites (N-methyl/N-ethyl adjacent to an activating group) is 8. The van der Waals surface area contributed by atoms with E-state index in [1.165, 1.54) is 106 Å². The van der Waals surface area contributed by atoms with E-state index in [2.05, 4.69) is 16.0 Å². The van der Waals surface area contributed by atoms with Crippen LogP contribution in [0.3, 0.4) is 0 Å². The Kier molecular flexibility index (Phi) is 29.5. The third-order valence-electron chi connectivity index (χ3n) is 21.3. The summed E-state index contributed by atoms with van der Waals surface area (Å²) in [5.74, 6) is -9.89. The molecule has 2 saturated heterocycles. The van der Waals surface area contributed by atoms with Gasteiger partial charge in [-0.05, 0) is 98.9 Å². The summed E-state index contributed by atoms with van der Waals surface area (Å²) in [4.78, 5) is 191. The van der Waals surface area contributed by atoms with Crippen LogP contribution in [0.2, 0.25) is 5.02 Å². The summed E-state index contributed by atoms with van der Waals surface area (Å²) < 4.78 is 41.9. The maximum absolute atomic E-state index is 15.7. The predicted octanol–water partition coefficient (Wildman–Crippen LogP) is 6.16. The number of hydrogen-bond acceptors (Lipinski definition) is 12. The Bertz CT molecular complexity index is 3600. The largest absolute Gasteiger partial charge is 0.417 e. The van der Waals surface area contributed by atoms with Gasteiger partial charge in [-0.2, -0.15) is 13.2 Å². The van der Waals surface area contributed by atoms with Crippen molar-refractivity contribution in [3.63, 3.8) is 0 Å². The van der Waals surface area contributed by atoms with Crippen LogP contribution in [0.5, 0.6) is 0 Å². The fraction of sp³-hybridized carbons (Fsp3) is 0.605. The Labute approximate surface area is 615 Å². The molecule has 24 nitrogen and oxygen atoms in total. The number of nitrogens with zero attached hydrogens (tertiary/aromatic N) is 9. The summed E-state index contributed by atoms with van der Waals surface area (Å²) in [7, 11) is 12.6. The van der Waals surface area contributed by atoms with Crippen LogP contribution >= 0.6 is 11.6 Å². The van der Waals surface area contributed by atoms with Crippen molar-refractivity contribution in [1.29, 1.82) is 0 Å². The van der Waals surface area contributed by atoms with Gasteiger partial charge >= 0.3 is 6.18 Å². The second-order valence-electron chi connectivity index (χ2n) is 29.4. The van der Waals surface area contributed by atoms with Gasteiger partial charge in [0, 0.05) is 82.8 Å². The highest BCUT2D eigenvalue weighted by atomic mass is 35.5. The van der Waals surface area contributed by atoms with Crippen molar-refractivity contribution >= 4 is 82.5 Å². The third kappa shape index (κ3) is 20.2. The Morgan fingerprint density at radius 1 is 0.644 bits per heavy atom. The summed E-state index contributed by atoms with van der Waals surface area (Å²) in [6.07, 6.45) is -3.97. The second kappa shape index (κ2) is 36.4. The number of aryl methyl sites for hydroxylation is 2. The molecule has 3 aromatic carbocycles. The molecule has 1 saturated carbocycles. The molecule has 0 unspecified atom stereocenters. The topological polar surface area (TPSA) is 270 Å². The molecule has 0 aromatic heterocycles. The zero-order chi connectivity index (χ0) is 77.7. The maximum Gasteiger partial charge on any atom is 0.417 e. The predicted molar refractivity (Wildman–Crippen MR) is 387 cm³/mol. The minimum atomic E-state index is -4.79. The van der Waals surface area contributed by atoms with E-state index in [1.54, 1.807) is 56.3 Å². The van der Waals surface area contributed by atoms with Gasteiger partial charge < -0.3 is 60.0 Å². The van der Waals surface area contributed by atoms with Crippen molar-refractivity contribution < 1.29 is 70.7 Å². The van der Waals surface area contributed by atoms with Gasteiger partial charge in [0.1, 0.15) is 59.9 Å². The number of fused-ring (bicyclic) bond motifs is 1. The average molecular weight is 1470 g/mol. The van der Waals surface area contributed by atoms with Crippen molar-refractivity contribution in [1.82, 2.24) is 60.0 Å². The van der Waals surface area contributed by atoms with Crippen molar-refractivity contribution in [2.75, 3.05) is 76.5 Å². The molecule has 3 aliphatic rings. The molecule has 3 fully saturated rings. The van der Waals surface area contributed by atoms with Crippen LogP contribution in [-0.4, -0.2) is 251 Å². The number of benzene rings is 3. The fourth-order valence-electron chi connectivity index (χ4n) is 13.9. The molecule has 572 valence electrons. The van der Waals surface area contributed by atoms with Crippen molar-refractivity contribution in [2.45, 2.75) is 205 Å². The Balaban J connectivity index is 1.50. The van der Waals surface area contributed by atoms with Gasteiger partial charge in [-0.15, -0.1) is 0 Å². The number of amides is 12. The van der Waals surface area contributed by atoms with Crippen LogP contribution < -0.4 is 16.0 Å². The molecule has 28 heteroatoms. The van der Waals surface area contributed by atoms with Crippen LogP contribution in [0.25, 0.3) is 0 Å². The zero-order valence-electron chi connectivity index (χ0n) is 63.4. The summed E-state index contributed by atoms with van der Waals surface area (Å²) in [6, 6.07) is 7.12. The van der Waals surface area contributed by atoms with Crippen molar-refractivity contribution in [3.8, 4) is 0 Å². The SMILES string of the molecule is CC[C@H](C)[C@@H]1NC(=O)[C@H](CC(C)C)N(C)C(=O)C[C@@H](C(=O)N(C)C)N(C)C(=O)[C@H]([C@@H](C)CC)N(C)C(=O)C2(CCCC2)NC(=O)[C@H](Cc2ccccc2)N(C)C(=O)[C@H](CCc2ccc(C(F)(F)F)c(Cl)c2)NC(=O)CN(C)C(=O)[C@H](Cc2ccc(C)cc2)N(C)C(=O)[C@@H]2CCN2C(=O)[C@H](C)N(C)C1=O. The maximum atomic E-state index is 15.7. The van der Waals surface area contributed by atoms with E-state index < -0.39 is 172 Å². The van der Waals surface area contributed by atoms with Gasteiger partial charge in [-0.25, -0.2) is 0 Å². The molecule has 2 aliphatic heterocycles. The van der Waals surface area contributed by atoms with E-state index in [1.807, 2.05) is 46.8 Å². The first-order chi connectivity index (χ1) is 48.7. The standard InChI is InChI=1S/C76H108ClF3N12O12/c1-18-47(6)63-72(102)86(12)49(8)67(97)92-38-35-56(92)71(101)89(15)59(42-52-29-27-46(5)28-30-52)70(100)85(11)44-61(93)81-55(34-32-51-31-33-53(54(77)40-51)76(78,79)80)68(98)88(14)58(41-50-25-21-20-22-26-50)66(96)83-75(36-23-24-37-75)74(104)91(17)64(48(7)19-2)73(103)90(16)60(69(99)84(9)10)43-62(94)87(13)57(39-45(3)4)65(95)82-63/h20-22,25-31,33,40,45,47-49,55-60,63-64H,18-19,23-24,32,34-39,41-44H2,1-17H3,(H,81,93)(H,82,95)(H,83,96)/t47-,48-,49-,55-,56-,57-,58-,59-,60-,63-,64-/m0/s1. The van der Waals surface area contributed by atoms with Crippen LogP contribution in [0, 0.1) is 24.7 Å². The average Bonchev–Trinajstić information content (AvgIpc) is 1.14. The monoisotopic (exact) mass is 1470 g/mol. The van der Waals surface area contributed by atoms with E-state index in [4.69, 9.17) is 11.6 Å². The minimum absolute atomic E-state index is 0.0630. The lowest BCUT2D eigenvalue weighted by atomic mass is 9.90. The Morgan fingerprint density at radius 3 is 1.77 bits per heavy atom. The molecule has 3 N–H and O–H groups in total. The number of alkyl halides is 3. The lowest BCUT2D eigenvalue weighted by Crippen LogP contribution is -2.65. The molecule has 12 amide bonds. The molecular weight excluding hydrogens is 1370 g/mol. The lowest BCUT2D eigenvalue weighted by Gasteiger charge is -2.45. The highest BCUT2D eigenvalue weighted by Gasteiger charge is 2.51. The van der Waals surface area contributed by atoms with E-state index in [0.717, 1.165) is 32.4 Å². The Morgan fingerprint density at radius 2 is 1.22 bits per heavy atom. The van der Waals surface area contributed by atoms with Gasteiger partial charge in [0.15, 0.2) is 0 Å². The molecule has 1 spiro atoms. The number of carbonyl (C=O) groups excluding carboxylic acids is 12. The lowest BCUT2D eigenvalue weighted by molar-refractivity contribution is -0.160. The van der Waals surface area contributed by atoms with E-state index in [9.17, 15) is 46.7 Å². The quantitative estimate of drug-likeness (QED) is 0.164. The molecule has 2 heterocycles. The van der Waals surface area contributed by atoms with Gasteiger partial charge in [-0.3, -0.25) is 57.5 Å². The summed E-state index contributed by atoms with van der Waals surface area (Å²) in [5.41, 5.74) is -0.403. The van der Waals surface area contributed by atoms with Crippen molar-refractivity contribution in [2.24, 2.45) is 17.8 Å². The first-order valence-corrected chi connectivity index (χ1v) is 36.3.